The largest absolute Gasteiger partial charge is 0.480 e. The molecule has 4 atom stereocenters. The van der Waals surface area contributed by atoms with E-state index in [9.17, 15) is 9.59 Å². The Labute approximate surface area is 191 Å². The van der Waals surface area contributed by atoms with E-state index in [4.69, 9.17) is 74.3 Å². The van der Waals surface area contributed by atoms with E-state index in [1.165, 1.54) is 0 Å². The van der Waals surface area contributed by atoms with Gasteiger partial charge in [0.05, 0.1) is 0 Å². The molecule has 18 nitrogen and oxygen atoms in total. The van der Waals surface area contributed by atoms with Crippen molar-refractivity contribution < 1.29 is 72.4 Å². The van der Waals surface area contributed by atoms with Gasteiger partial charge in [-0.3, -0.25) is 36.9 Å². The standard InChI is InChI=1S/2C6H13NO2.3H2O4S/c2*1-3-4(2)5(7)6(8)9;3*1-5(2,3)4/h2*4-5H,3,7H2,1-2H3,(H,8,9);3*(H2,1,2,3,4)/t2*4-,5-;;;/m00.../s1. The van der Waals surface area contributed by atoms with E-state index in [1.54, 1.807) is 0 Å². The summed E-state index contributed by atoms with van der Waals surface area (Å²) in [6.07, 6.45) is 1.63. The van der Waals surface area contributed by atoms with Crippen LogP contribution < -0.4 is 11.5 Å². The Hall–Kier alpha value is -1.53. The maximum atomic E-state index is 10.2. The molecule has 204 valence electrons. The van der Waals surface area contributed by atoms with Crippen LogP contribution in [0.1, 0.15) is 40.5 Å². The second kappa shape index (κ2) is 19.9. The molecule has 0 aromatic carbocycles. The van der Waals surface area contributed by atoms with E-state index in [2.05, 4.69) is 0 Å². The van der Waals surface area contributed by atoms with Crippen molar-refractivity contribution in [3.05, 3.63) is 0 Å². The van der Waals surface area contributed by atoms with Gasteiger partial charge in [-0.25, -0.2) is 0 Å². The first-order chi connectivity index (χ1) is 14.2. The number of carbonyl (C=O) groups is 2. The summed E-state index contributed by atoms with van der Waals surface area (Å²) in [5.41, 5.74) is 10.5. The van der Waals surface area contributed by atoms with Gasteiger partial charge >= 0.3 is 43.1 Å². The summed E-state index contributed by atoms with van der Waals surface area (Å²) >= 11 is 0. The second-order valence-electron chi connectivity index (χ2n) is 5.84. The molecule has 0 heterocycles. The summed E-state index contributed by atoms with van der Waals surface area (Å²) < 4.78 is 94.8. The lowest BCUT2D eigenvalue weighted by Gasteiger charge is -2.11. The van der Waals surface area contributed by atoms with Crippen molar-refractivity contribution in [1.29, 1.82) is 0 Å². The first-order valence-corrected chi connectivity index (χ1v) is 12.4. The molecule has 0 radical (unpaired) electrons. The Kier molecular flexibility index (Phi) is 25.1. The summed E-state index contributed by atoms with van der Waals surface area (Å²) in [7, 11) is -14.0. The Morgan fingerprint density at radius 2 is 0.727 bits per heavy atom. The van der Waals surface area contributed by atoms with E-state index in [1.807, 2.05) is 27.7 Å². The van der Waals surface area contributed by atoms with Gasteiger partial charge in [0.1, 0.15) is 12.1 Å². The highest BCUT2D eigenvalue weighted by Crippen LogP contribution is 2.04. The van der Waals surface area contributed by atoms with Crippen molar-refractivity contribution >= 4 is 43.1 Å². The molecule has 12 N–H and O–H groups in total. The van der Waals surface area contributed by atoms with Crippen LogP contribution >= 0.6 is 0 Å². The maximum absolute atomic E-state index is 10.2. The van der Waals surface area contributed by atoms with Gasteiger partial charge < -0.3 is 21.7 Å². The average molecular weight is 557 g/mol. The molecule has 0 aliphatic carbocycles. The molecule has 0 unspecified atom stereocenters. The van der Waals surface area contributed by atoms with Crippen LogP contribution in [0.15, 0.2) is 0 Å². The van der Waals surface area contributed by atoms with Gasteiger partial charge in [0.25, 0.3) is 0 Å². The molecular weight excluding hydrogens is 524 g/mol. The number of hydrogen-bond donors (Lipinski definition) is 10. The quantitative estimate of drug-likeness (QED) is 0.174. The van der Waals surface area contributed by atoms with Crippen molar-refractivity contribution in [2.45, 2.75) is 52.6 Å². The van der Waals surface area contributed by atoms with Crippen LogP contribution in [0.25, 0.3) is 0 Å². The third-order valence-corrected chi connectivity index (χ3v) is 3.08. The minimum absolute atomic E-state index is 0.0718. The molecule has 0 aromatic rings. The molecule has 0 aliphatic rings. The van der Waals surface area contributed by atoms with Gasteiger partial charge in [0.15, 0.2) is 0 Å². The predicted octanol–water partition coefficient (Wildman–Crippen LogP) is -1.07. The third-order valence-electron chi connectivity index (χ3n) is 3.08. The van der Waals surface area contributed by atoms with Gasteiger partial charge in [-0.05, 0) is 11.8 Å². The molecule has 21 heteroatoms. The number of nitrogens with two attached hydrogens (primary N) is 2. The highest BCUT2D eigenvalue weighted by Gasteiger charge is 2.17. The molecule has 0 aromatic heterocycles. The monoisotopic (exact) mass is 556 g/mol. The fourth-order valence-corrected chi connectivity index (χ4v) is 0.995. The number of carboxylic acids is 2. The average Bonchev–Trinajstić information content (AvgIpc) is 2.54. The van der Waals surface area contributed by atoms with Crippen LogP contribution in [0.4, 0.5) is 0 Å². The summed E-state index contributed by atoms with van der Waals surface area (Å²) in [5.74, 6) is -1.68. The first-order valence-electron chi connectivity index (χ1n) is 8.25. The zero-order valence-corrected chi connectivity index (χ0v) is 20.4. The Balaban J connectivity index is -0.000000102. The zero-order chi connectivity index (χ0) is 28.4. The van der Waals surface area contributed by atoms with Crippen molar-refractivity contribution in [1.82, 2.24) is 0 Å². The molecular formula is C12H32N2O16S3. The van der Waals surface area contributed by atoms with Crippen LogP contribution in [0.5, 0.6) is 0 Å². The van der Waals surface area contributed by atoms with E-state index in [0.29, 0.717) is 0 Å². The van der Waals surface area contributed by atoms with Crippen LogP contribution in [0.3, 0.4) is 0 Å². The summed E-state index contributed by atoms with van der Waals surface area (Å²) in [4.78, 5) is 20.3. The molecule has 0 rings (SSSR count). The van der Waals surface area contributed by atoms with Crippen LogP contribution in [0.2, 0.25) is 0 Å². The fraction of sp³-hybridized carbons (Fsp3) is 0.833. The molecule has 0 saturated carbocycles. The zero-order valence-electron chi connectivity index (χ0n) is 17.9. The smallest absolute Gasteiger partial charge is 0.394 e. The highest BCUT2D eigenvalue weighted by atomic mass is 32.3. The van der Waals surface area contributed by atoms with Crippen molar-refractivity contribution in [3.8, 4) is 0 Å². The van der Waals surface area contributed by atoms with E-state index in [-0.39, 0.29) is 11.8 Å². The second-order valence-corrected chi connectivity index (χ2v) is 8.53. The van der Waals surface area contributed by atoms with Gasteiger partial charge in [-0.15, -0.1) is 0 Å². The summed E-state index contributed by atoms with van der Waals surface area (Å²) in [5, 5.41) is 16.7. The van der Waals surface area contributed by atoms with Crippen LogP contribution in [-0.4, -0.2) is 86.8 Å². The Morgan fingerprint density at radius 1 is 0.606 bits per heavy atom. The third kappa shape index (κ3) is 72.4. The lowest BCUT2D eigenvalue weighted by molar-refractivity contribution is -0.140. The summed E-state index contributed by atoms with van der Waals surface area (Å²) in [6, 6.07) is -1.40. The topological polar surface area (TPSA) is 350 Å². The fourth-order valence-electron chi connectivity index (χ4n) is 0.995. The van der Waals surface area contributed by atoms with Gasteiger partial charge in [0, 0.05) is 0 Å². The van der Waals surface area contributed by atoms with Crippen molar-refractivity contribution in [2.24, 2.45) is 23.3 Å². The lowest BCUT2D eigenvalue weighted by Crippen LogP contribution is -2.36. The van der Waals surface area contributed by atoms with Crippen molar-refractivity contribution in [2.75, 3.05) is 0 Å². The lowest BCUT2D eigenvalue weighted by atomic mass is 10.0. The SMILES string of the molecule is CC[C@H](C)[C@H](N)C(=O)O.CC[C@H](C)[C@H](N)C(=O)O.O=S(=O)(O)O.O=S(=O)(O)O.O=S(=O)(O)O. The number of aliphatic carboxylic acids is 2. The molecule has 0 aliphatic heterocycles. The number of hydrogen-bond acceptors (Lipinski definition) is 10. The maximum Gasteiger partial charge on any atom is 0.394 e. The molecule has 0 fully saturated rings. The van der Waals surface area contributed by atoms with Crippen molar-refractivity contribution in [3.63, 3.8) is 0 Å². The molecule has 0 saturated heterocycles. The Morgan fingerprint density at radius 3 is 0.758 bits per heavy atom. The highest BCUT2D eigenvalue weighted by molar-refractivity contribution is 7.80. The minimum atomic E-state index is -4.67. The molecule has 33 heavy (non-hydrogen) atoms. The van der Waals surface area contributed by atoms with E-state index < -0.39 is 55.2 Å². The number of rotatable bonds is 6. The molecule has 0 spiro atoms. The van der Waals surface area contributed by atoms with Gasteiger partial charge in [-0.1, -0.05) is 40.5 Å². The van der Waals surface area contributed by atoms with E-state index in [0.717, 1.165) is 12.8 Å². The first kappa shape index (κ1) is 41.7. The van der Waals surface area contributed by atoms with E-state index >= 15 is 0 Å². The van der Waals surface area contributed by atoms with Gasteiger partial charge in [-0.2, -0.15) is 25.3 Å². The molecule has 0 amide bonds. The normalized spacial score (nSPS) is 14.4. The Bertz CT molecular complexity index is 719. The van der Waals surface area contributed by atoms with Gasteiger partial charge in [0.2, 0.25) is 0 Å². The van der Waals surface area contributed by atoms with Crippen LogP contribution in [0, 0.1) is 11.8 Å². The number of carboxylic acid groups (broad SMARTS) is 2. The minimum Gasteiger partial charge on any atom is -0.480 e. The molecule has 0 bridgehead atoms. The van der Waals surface area contributed by atoms with Crippen LogP contribution in [-0.2, 0) is 40.8 Å². The predicted molar refractivity (Wildman–Crippen MR) is 113 cm³/mol. The summed E-state index contributed by atoms with van der Waals surface area (Å²) in [6.45, 7) is 7.51.